The molecule has 3 rings (SSSR count). The number of benzene rings is 2. The fraction of sp³-hybridized carbons (Fsp3) is 0.136. The van der Waals surface area contributed by atoms with E-state index < -0.39 is 0 Å². The summed E-state index contributed by atoms with van der Waals surface area (Å²) in [5, 5.41) is 3.18. The molecule has 6 heteroatoms. The monoisotopic (exact) mass is 393 g/mol. The van der Waals surface area contributed by atoms with Gasteiger partial charge in [0.2, 0.25) is 0 Å². The van der Waals surface area contributed by atoms with Gasteiger partial charge in [0.1, 0.15) is 0 Å². The quantitative estimate of drug-likeness (QED) is 0.663. The van der Waals surface area contributed by atoms with Crippen LogP contribution in [0, 0.1) is 0 Å². The molecule has 0 bridgehead atoms. The van der Waals surface area contributed by atoms with Crippen LogP contribution in [-0.2, 0) is 6.54 Å². The number of anilines is 1. The number of amides is 2. The summed E-state index contributed by atoms with van der Waals surface area (Å²) >= 11 is 6.08. The fourth-order valence-corrected chi connectivity index (χ4v) is 2.93. The Morgan fingerprint density at radius 2 is 1.68 bits per heavy atom. The van der Waals surface area contributed by atoms with Gasteiger partial charge in [-0.05, 0) is 30.7 Å². The van der Waals surface area contributed by atoms with Crippen molar-refractivity contribution in [3.05, 3.63) is 94.8 Å². The van der Waals surface area contributed by atoms with Crippen molar-refractivity contribution < 1.29 is 9.59 Å². The Morgan fingerprint density at radius 1 is 1.00 bits per heavy atom. The van der Waals surface area contributed by atoms with Crippen LogP contribution in [0.3, 0.4) is 0 Å². The maximum absolute atomic E-state index is 12.9. The van der Waals surface area contributed by atoms with Crippen LogP contribution in [0.5, 0.6) is 0 Å². The van der Waals surface area contributed by atoms with Gasteiger partial charge in [0.05, 0.1) is 21.8 Å². The van der Waals surface area contributed by atoms with E-state index in [1.54, 1.807) is 35.2 Å². The van der Waals surface area contributed by atoms with Crippen molar-refractivity contribution in [1.29, 1.82) is 0 Å². The van der Waals surface area contributed by atoms with Crippen molar-refractivity contribution in [1.82, 2.24) is 9.88 Å². The lowest BCUT2D eigenvalue weighted by Crippen LogP contribution is -2.30. The average Bonchev–Trinajstić information content (AvgIpc) is 2.74. The summed E-state index contributed by atoms with van der Waals surface area (Å²) in [7, 11) is 0. The van der Waals surface area contributed by atoms with Gasteiger partial charge < -0.3 is 10.2 Å². The topological polar surface area (TPSA) is 62.3 Å². The number of aromatic nitrogens is 1. The summed E-state index contributed by atoms with van der Waals surface area (Å²) in [4.78, 5) is 31.2. The van der Waals surface area contributed by atoms with Crippen molar-refractivity contribution in [2.75, 3.05) is 11.9 Å². The maximum Gasteiger partial charge on any atom is 0.257 e. The lowest BCUT2D eigenvalue weighted by atomic mass is 10.1. The van der Waals surface area contributed by atoms with E-state index in [0.717, 1.165) is 5.56 Å². The van der Waals surface area contributed by atoms with E-state index in [9.17, 15) is 9.59 Å². The molecule has 1 aromatic heterocycles. The first-order valence-electron chi connectivity index (χ1n) is 8.92. The molecule has 0 aliphatic rings. The van der Waals surface area contributed by atoms with Crippen LogP contribution in [0.4, 0.5) is 5.69 Å². The predicted molar refractivity (Wildman–Crippen MR) is 110 cm³/mol. The van der Waals surface area contributed by atoms with Gasteiger partial charge in [-0.15, -0.1) is 0 Å². The third kappa shape index (κ3) is 4.75. The molecule has 0 radical (unpaired) electrons. The molecule has 0 spiro atoms. The van der Waals surface area contributed by atoms with Crippen LogP contribution < -0.4 is 5.32 Å². The van der Waals surface area contributed by atoms with Crippen LogP contribution in [0.1, 0.15) is 33.2 Å². The highest BCUT2D eigenvalue weighted by atomic mass is 35.5. The maximum atomic E-state index is 12.9. The minimum absolute atomic E-state index is 0.175. The van der Waals surface area contributed by atoms with Crippen molar-refractivity contribution in [3.63, 3.8) is 0 Å². The third-order valence-corrected chi connectivity index (χ3v) is 4.58. The number of hydrogen-bond acceptors (Lipinski definition) is 3. The standard InChI is InChI=1S/C22H20ClN3O2/c1-2-26(15-16-8-4-3-5-9-16)22(28)18-12-17(13-24-14-18)21(27)25-20-11-7-6-10-19(20)23/h3-14H,2,15H2,1H3,(H,25,27). The molecular formula is C22H20ClN3O2. The Kier molecular flexibility index (Phi) is 6.40. The number of hydrogen-bond donors (Lipinski definition) is 1. The molecule has 2 aromatic carbocycles. The minimum atomic E-state index is -0.374. The Labute approximate surface area is 169 Å². The first-order valence-corrected chi connectivity index (χ1v) is 9.30. The summed E-state index contributed by atoms with van der Waals surface area (Å²) in [6.45, 7) is 2.96. The highest BCUT2D eigenvalue weighted by molar-refractivity contribution is 6.33. The molecule has 0 unspecified atom stereocenters. The van der Waals surface area contributed by atoms with Gasteiger partial charge in [-0.25, -0.2) is 0 Å². The molecule has 28 heavy (non-hydrogen) atoms. The Morgan fingerprint density at radius 3 is 2.39 bits per heavy atom. The second-order valence-corrected chi connectivity index (χ2v) is 6.61. The zero-order chi connectivity index (χ0) is 19.9. The van der Waals surface area contributed by atoms with Gasteiger partial charge in [0, 0.05) is 25.5 Å². The molecular weight excluding hydrogens is 374 g/mol. The first kappa shape index (κ1) is 19.6. The lowest BCUT2D eigenvalue weighted by molar-refractivity contribution is 0.0752. The van der Waals surface area contributed by atoms with Crippen molar-refractivity contribution >= 4 is 29.1 Å². The van der Waals surface area contributed by atoms with Crippen LogP contribution in [0.15, 0.2) is 73.1 Å². The second-order valence-electron chi connectivity index (χ2n) is 6.20. The van der Waals surface area contributed by atoms with Crippen LogP contribution in [0.2, 0.25) is 5.02 Å². The van der Waals surface area contributed by atoms with E-state index in [2.05, 4.69) is 10.3 Å². The molecule has 142 valence electrons. The summed E-state index contributed by atoms with van der Waals surface area (Å²) in [6.07, 6.45) is 2.90. The number of carbonyl (C=O) groups is 2. The number of pyridine rings is 1. The second kappa shape index (κ2) is 9.15. The molecule has 5 nitrogen and oxygen atoms in total. The van der Waals surface area contributed by atoms with Crippen LogP contribution in [0.25, 0.3) is 0 Å². The SMILES string of the molecule is CCN(Cc1ccccc1)C(=O)c1cncc(C(=O)Nc2ccccc2Cl)c1. The van der Waals surface area contributed by atoms with Gasteiger partial charge in [-0.2, -0.15) is 0 Å². The highest BCUT2D eigenvalue weighted by Crippen LogP contribution is 2.21. The lowest BCUT2D eigenvalue weighted by Gasteiger charge is -2.21. The van der Waals surface area contributed by atoms with Crippen LogP contribution in [-0.4, -0.2) is 28.2 Å². The Balaban J connectivity index is 1.77. The third-order valence-electron chi connectivity index (χ3n) is 4.25. The van der Waals surface area contributed by atoms with Gasteiger partial charge in [0.25, 0.3) is 11.8 Å². The molecule has 0 atom stereocenters. The van der Waals surface area contributed by atoms with E-state index in [-0.39, 0.29) is 11.8 Å². The minimum Gasteiger partial charge on any atom is -0.335 e. The van der Waals surface area contributed by atoms with Crippen molar-refractivity contribution in [2.24, 2.45) is 0 Å². The number of carbonyl (C=O) groups excluding carboxylic acids is 2. The van der Waals surface area contributed by atoms with Gasteiger partial charge in [0.15, 0.2) is 0 Å². The summed E-state index contributed by atoms with van der Waals surface area (Å²) in [5.41, 5.74) is 2.20. The molecule has 3 aromatic rings. The fourth-order valence-electron chi connectivity index (χ4n) is 2.75. The van der Waals surface area contributed by atoms with E-state index in [0.29, 0.717) is 34.9 Å². The number of nitrogens with zero attached hydrogens (tertiary/aromatic N) is 2. The molecule has 0 saturated carbocycles. The highest BCUT2D eigenvalue weighted by Gasteiger charge is 2.17. The molecule has 0 fully saturated rings. The van der Waals surface area contributed by atoms with E-state index in [1.165, 1.54) is 12.4 Å². The first-order chi connectivity index (χ1) is 13.6. The molecule has 0 aliphatic heterocycles. The van der Waals surface area contributed by atoms with E-state index >= 15 is 0 Å². The summed E-state index contributed by atoms with van der Waals surface area (Å²) in [5.74, 6) is -0.549. The Bertz CT molecular complexity index is 976. The van der Waals surface area contributed by atoms with E-state index in [4.69, 9.17) is 11.6 Å². The van der Waals surface area contributed by atoms with Crippen molar-refractivity contribution in [2.45, 2.75) is 13.5 Å². The van der Waals surface area contributed by atoms with Gasteiger partial charge in [-0.1, -0.05) is 54.1 Å². The molecule has 0 saturated heterocycles. The summed E-state index contributed by atoms with van der Waals surface area (Å²) < 4.78 is 0. The number of para-hydroxylation sites is 1. The number of rotatable bonds is 6. The smallest absolute Gasteiger partial charge is 0.257 e. The normalized spacial score (nSPS) is 10.4. The molecule has 2 amide bonds. The number of halogens is 1. The largest absolute Gasteiger partial charge is 0.335 e. The van der Waals surface area contributed by atoms with Crippen LogP contribution >= 0.6 is 11.6 Å². The predicted octanol–water partition coefficient (Wildman–Crippen LogP) is 4.65. The van der Waals surface area contributed by atoms with Gasteiger partial charge in [-0.3, -0.25) is 14.6 Å². The zero-order valence-electron chi connectivity index (χ0n) is 15.4. The molecule has 1 N–H and O–H groups in total. The molecule has 1 heterocycles. The molecule has 0 aliphatic carbocycles. The summed E-state index contributed by atoms with van der Waals surface area (Å²) in [6, 6.07) is 18.3. The van der Waals surface area contributed by atoms with Crippen molar-refractivity contribution in [3.8, 4) is 0 Å². The Hall–Kier alpha value is -3.18. The zero-order valence-corrected chi connectivity index (χ0v) is 16.2. The number of nitrogens with one attached hydrogen (secondary N) is 1. The van der Waals surface area contributed by atoms with E-state index in [1.807, 2.05) is 37.3 Å². The average molecular weight is 394 g/mol. The van der Waals surface area contributed by atoms with Gasteiger partial charge >= 0.3 is 0 Å².